The third kappa shape index (κ3) is 2.53. The van der Waals surface area contributed by atoms with Crippen LogP contribution in [0, 0.1) is 12.7 Å². The van der Waals surface area contributed by atoms with E-state index in [4.69, 9.17) is 4.99 Å². The van der Waals surface area contributed by atoms with E-state index in [1.807, 2.05) is 26.1 Å². The van der Waals surface area contributed by atoms with Gasteiger partial charge < -0.3 is 0 Å². The molecule has 1 aliphatic rings. The molecule has 3 heterocycles. The molecule has 4 nitrogen and oxygen atoms in total. The van der Waals surface area contributed by atoms with Gasteiger partial charge in [0.25, 0.3) is 0 Å². The minimum Gasteiger partial charge on any atom is -0.264 e. The Labute approximate surface area is 143 Å². The van der Waals surface area contributed by atoms with Crippen molar-refractivity contribution in [1.82, 2.24) is 14.8 Å². The van der Waals surface area contributed by atoms with Crippen LogP contribution in [0.3, 0.4) is 0 Å². The van der Waals surface area contributed by atoms with Crippen LogP contribution in [-0.4, -0.2) is 19.8 Å². The van der Waals surface area contributed by atoms with Crippen molar-refractivity contribution in [3.8, 4) is 5.69 Å². The van der Waals surface area contributed by atoms with E-state index in [2.05, 4.69) is 16.1 Å². The summed E-state index contributed by atoms with van der Waals surface area (Å²) < 4.78 is 15.0. The molecule has 6 heteroatoms. The van der Waals surface area contributed by atoms with Crippen LogP contribution in [0.4, 0.5) is 10.2 Å². The van der Waals surface area contributed by atoms with Gasteiger partial charge in [-0.25, -0.2) is 14.1 Å². The molecule has 3 aromatic rings. The van der Waals surface area contributed by atoms with E-state index in [0.717, 1.165) is 33.4 Å². The topological polar surface area (TPSA) is 43.1 Å². The summed E-state index contributed by atoms with van der Waals surface area (Å²) in [4.78, 5) is 8.95. The summed E-state index contributed by atoms with van der Waals surface area (Å²) in [6, 6.07) is 10.3. The van der Waals surface area contributed by atoms with E-state index in [1.54, 1.807) is 34.8 Å². The second-order valence-electron chi connectivity index (χ2n) is 5.63. The fourth-order valence-corrected chi connectivity index (χ4v) is 4.02. The number of hydrogen-bond acceptors (Lipinski definition) is 4. The van der Waals surface area contributed by atoms with Crippen molar-refractivity contribution in [1.29, 1.82) is 0 Å². The highest BCUT2D eigenvalue weighted by atomic mass is 32.2. The van der Waals surface area contributed by atoms with Crippen molar-refractivity contribution in [3.63, 3.8) is 0 Å². The Bertz CT molecular complexity index is 916. The van der Waals surface area contributed by atoms with Gasteiger partial charge in [0.15, 0.2) is 5.82 Å². The second kappa shape index (κ2) is 5.87. The van der Waals surface area contributed by atoms with Crippen molar-refractivity contribution in [2.45, 2.75) is 19.1 Å². The number of fused-ring (bicyclic) bond motifs is 1. The third-order valence-corrected chi connectivity index (χ3v) is 5.13. The summed E-state index contributed by atoms with van der Waals surface area (Å²) in [6.07, 6.45) is 3.66. The molecule has 0 radical (unpaired) electrons. The normalized spacial score (nSPS) is 16.6. The SMILES string of the molecule is CC1=Nc2c(c(C)nn2-c2ccc(F)cc2)C(c2cccnc2)S1. The van der Waals surface area contributed by atoms with Gasteiger partial charge in [0.1, 0.15) is 5.82 Å². The van der Waals surface area contributed by atoms with Gasteiger partial charge in [0.2, 0.25) is 0 Å². The maximum atomic E-state index is 13.2. The molecule has 24 heavy (non-hydrogen) atoms. The molecule has 0 saturated heterocycles. The number of benzene rings is 1. The first-order valence-corrected chi connectivity index (χ1v) is 8.49. The van der Waals surface area contributed by atoms with Crippen molar-refractivity contribution < 1.29 is 4.39 Å². The van der Waals surface area contributed by atoms with Crippen LogP contribution in [0.2, 0.25) is 0 Å². The van der Waals surface area contributed by atoms with Crippen LogP contribution in [0.15, 0.2) is 53.8 Å². The minimum absolute atomic E-state index is 0.111. The number of rotatable bonds is 2. The number of aliphatic imine (C=N–C) groups is 1. The molecule has 0 spiro atoms. The van der Waals surface area contributed by atoms with E-state index in [1.165, 1.54) is 12.1 Å². The lowest BCUT2D eigenvalue weighted by Crippen LogP contribution is -2.06. The molecule has 0 fully saturated rings. The van der Waals surface area contributed by atoms with Crippen LogP contribution >= 0.6 is 11.8 Å². The fourth-order valence-electron chi connectivity index (χ4n) is 2.87. The lowest BCUT2D eigenvalue weighted by Gasteiger charge is -2.21. The lowest BCUT2D eigenvalue weighted by atomic mass is 10.1. The second-order valence-corrected chi connectivity index (χ2v) is 6.92. The van der Waals surface area contributed by atoms with Gasteiger partial charge in [0.05, 0.1) is 21.7 Å². The zero-order valence-corrected chi connectivity index (χ0v) is 14.1. The molecule has 1 atom stereocenters. The molecule has 0 amide bonds. The van der Waals surface area contributed by atoms with Crippen LogP contribution in [0.5, 0.6) is 0 Å². The zero-order valence-electron chi connectivity index (χ0n) is 13.3. The van der Waals surface area contributed by atoms with Crippen molar-refractivity contribution in [2.24, 2.45) is 4.99 Å². The summed E-state index contributed by atoms with van der Waals surface area (Å²) in [5.41, 5.74) is 3.93. The molecule has 0 bridgehead atoms. The van der Waals surface area contributed by atoms with Gasteiger partial charge in [-0.1, -0.05) is 17.8 Å². The maximum absolute atomic E-state index is 13.2. The highest BCUT2D eigenvalue weighted by Crippen LogP contribution is 2.47. The molecular weight excluding hydrogens is 323 g/mol. The summed E-state index contributed by atoms with van der Waals surface area (Å²) in [7, 11) is 0. The number of pyridine rings is 1. The van der Waals surface area contributed by atoms with Crippen LogP contribution in [0.25, 0.3) is 5.69 Å². The molecular formula is C18H15FN4S. The number of nitrogens with zero attached hydrogens (tertiary/aromatic N) is 4. The molecule has 0 saturated carbocycles. The van der Waals surface area contributed by atoms with Gasteiger partial charge in [-0.3, -0.25) is 4.98 Å². The molecule has 120 valence electrons. The predicted molar refractivity (Wildman–Crippen MR) is 94.7 cm³/mol. The number of aromatic nitrogens is 3. The smallest absolute Gasteiger partial charge is 0.161 e. The van der Waals surface area contributed by atoms with E-state index in [0.29, 0.717) is 0 Å². The van der Waals surface area contributed by atoms with Crippen molar-refractivity contribution >= 4 is 22.6 Å². The maximum Gasteiger partial charge on any atom is 0.161 e. The van der Waals surface area contributed by atoms with Crippen LogP contribution in [-0.2, 0) is 0 Å². The molecule has 2 aromatic heterocycles. The Kier molecular flexibility index (Phi) is 3.69. The van der Waals surface area contributed by atoms with E-state index < -0.39 is 0 Å². The van der Waals surface area contributed by atoms with Crippen LogP contribution in [0.1, 0.15) is 29.0 Å². The third-order valence-electron chi connectivity index (χ3n) is 3.95. The summed E-state index contributed by atoms with van der Waals surface area (Å²) in [6.45, 7) is 3.98. The Balaban J connectivity index is 1.89. The Morgan fingerprint density at radius 3 is 2.62 bits per heavy atom. The van der Waals surface area contributed by atoms with Crippen LogP contribution < -0.4 is 0 Å². The molecule has 0 aliphatic carbocycles. The summed E-state index contributed by atoms with van der Waals surface area (Å²) in [5.74, 6) is 0.546. The van der Waals surface area contributed by atoms with Gasteiger partial charge in [-0.05, 0) is 49.7 Å². The average molecular weight is 338 g/mol. The average Bonchev–Trinajstić information content (AvgIpc) is 2.92. The number of hydrogen-bond donors (Lipinski definition) is 0. The Morgan fingerprint density at radius 1 is 1.12 bits per heavy atom. The minimum atomic E-state index is -0.264. The summed E-state index contributed by atoms with van der Waals surface area (Å²) in [5, 5.41) is 5.74. The van der Waals surface area contributed by atoms with Gasteiger partial charge in [0, 0.05) is 18.0 Å². The van der Waals surface area contributed by atoms with E-state index >= 15 is 0 Å². The first-order chi connectivity index (χ1) is 11.6. The monoisotopic (exact) mass is 338 g/mol. The highest BCUT2D eigenvalue weighted by molar-refractivity contribution is 8.14. The van der Waals surface area contributed by atoms with Crippen molar-refractivity contribution in [2.75, 3.05) is 0 Å². The Hall–Kier alpha value is -2.47. The van der Waals surface area contributed by atoms with Gasteiger partial charge in [-0.15, -0.1) is 0 Å². The first-order valence-electron chi connectivity index (χ1n) is 7.61. The van der Waals surface area contributed by atoms with E-state index in [-0.39, 0.29) is 11.1 Å². The van der Waals surface area contributed by atoms with E-state index in [9.17, 15) is 4.39 Å². The largest absolute Gasteiger partial charge is 0.264 e. The highest BCUT2D eigenvalue weighted by Gasteiger charge is 2.30. The Morgan fingerprint density at radius 2 is 1.92 bits per heavy atom. The molecule has 1 aromatic carbocycles. The molecule has 1 unspecified atom stereocenters. The van der Waals surface area contributed by atoms with Gasteiger partial charge >= 0.3 is 0 Å². The first kappa shape index (κ1) is 15.1. The quantitative estimate of drug-likeness (QED) is 0.686. The summed E-state index contributed by atoms with van der Waals surface area (Å²) >= 11 is 1.70. The van der Waals surface area contributed by atoms with Gasteiger partial charge in [-0.2, -0.15) is 5.10 Å². The fraction of sp³-hybridized carbons (Fsp3) is 0.167. The number of aryl methyl sites for hydroxylation is 1. The van der Waals surface area contributed by atoms with Crippen molar-refractivity contribution in [3.05, 3.63) is 71.4 Å². The predicted octanol–water partition coefficient (Wildman–Crippen LogP) is 4.60. The molecule has 4 rings (SSSR count). The lowest BCUT2D eigenvalue weighted by molar-refractivity contribution is 0.627. The number of halogens is 1. The standard InChI is InChI=1S/C18H15FN4S/c1-11-16-17(13-4-3-9-20-10-13)24-12(2)21-18(16)23(22-11)15-7-5-14(19)6-8-15/h3-10,17H,1-2H3. The number of thioether (sulfide) groups is 1. The zero-order chi connectivity index (χ0) is 16.7. The molecule has 1 aliphatic heterocycles. The molecule has 0 N–H and O–H groups in total.